The molecule has 0 bridgehead atoms. The molecule has 0 unspecified atom stereocenters. The van der Waals surface area contributed by atoms with Crippen molar-refractivity contribution < 1.29 is 14.3 Å². The zero-order valence-corrected chi connectivity index (χ0v) is 8.86. The Hall–Kier alpha value is -2.37. The summed E-state index contributed by atoms with van der Waals surface area (Å²) >= 11 is 0. The number of fused-ring (bicyclic) bond motifs is 3. The summed E-state index contributed by atoms with van der Waals surface area (Å²) in [5.41, 5.74) is 0.778. The Bertz CT molecular complexity index is 757. The highest BCUT2D eigenvalue weighted by atomic mass is 19.1. The molecule has 0 amide bonds. The predicted molar refractivity (Wildman–Crippen MR) is 59.5 cm³/mol. The molecule has 17 heavy (non-hydrogen) atoms. The Morgan fingerprint density at radius 3 is 3.00 bits per heavy atom. The number of benzene rings is 1. The summed E-state index contributed by atoms with van der Waals surface area (Å²) in [6.07, 6.45) is 0. The van der Waals surface area contributed by atoms with Crippen molar-refractivity contribution in [2.75, 3.05) is 0 Å². The van der Waals surface area contributed by atoms with Gasteiger partial charge in [-0.2, -0.15) is 5.10 Å². The Balaban J connectivity index is 2.62. The maximum atomic E-state index is 13.7. The minimum absolute atomic E-state index is 0.0174. The van der Waals surface area contributed by atoms with Gasteiger partial charge in [0.2, 0.25) is 0 Å². The SMILES string of the molecule is Cn1c2n[nH]c(C(=O)O)c2c2cccc(F)c21. The van der Waals surface area contributed by atoms with Crippen LogP contribution in [0.15, 0.2) is 18.2 Å². The number of para-hydroxylation sites is 1. The van der Waals surface area contributed by atoms with Gasteiger partial charge in [-0.3, -0.25) is 5.10 Å². The predicted octanol–water partition coefficient (Wildman–Crippen LogP) is 1.89. The highest BCUT2D eigenvalue weighted by Gasteiger charge is 2.20. The number of H-pyrrole nitrogens is 1. The lowest BCUT2D eigenvalue weighted by molar-refractivity contribution is 0.0692. The van der Waals surface area contributed by atoms with Crippen LogP contribution >= 0.6 is 0 Å². The fourth-order valence-corrected chi connectivity index (χ4v) is 2.15. The smallest absolute Gasteiger partial charge is 0.354 e. The van der Waals surface area contributed by atoms with Gasteiger partial charge in [0.1, 0.15) is 5.82 Å². The van der Waals surface area contributed by atoms with E-state index < -0.39 is 5.97 Å². The summed E-state index contributed by atoms with van der Waals surface area (Å²) in [5, 5.41) is 16.4. The average molecular weight is 233 g/mol. The van der Waals surface area contributed by atoms with Gasteiger partial charge < -0.3 is 9.67 Å². The molecule has 0 radical (unpaired) electrons. The molecule has 0 atom stereocenters. The van der Waals surface area contributed by atoms with Crippen molar-refractivity contribution >= 4 is 27.9 Å². The first-order chi connectivity index (χ1) is 8.11. The number of carboxylic acid groups (broad SMARTS) is 1. The second-order valence-corrected chi connectivity index (χ2v) is 3.80. The maximum absolute atomic E-state index is 13.7. The average Bonchev–Trinajstić information content (AvgIpc) is 2.81. The summed E-state index contributed by atoms with van der Waals surface area (Å²) in [6, 6.07) is 4.57. The molecule has 0 saturated carbocycles. The Kier molecular flexibility index (Phi) is 1.77. The van der Waals surface area contributed by atoms with E-state index in [0.29, 0.717) is 21.9 Å². The molecule has 0 saturated heterocycles. The zero-order chi connectivity index (χ0) is 12.2. The number of aromatic nitrogens is 3. The number of hydrogen-bond donors (Lipinski definition) is 2. The topological polar surface area (TPSA) is 70.9 Å². The van der Waals surface area contributed by atoms with Crippen LogP contribution in [-0.4, -0.2) is 25.8 Å². The largest absolute Gasteiger partial charge is 0.477 e. The standard InChI is InChI=1S/C11H8FN3O2/c1-15-9-5(3-2-4-6(9)12)7-8(11(16)17)13-14-10(7)15/h2-4H,1H3,(H,13,14)(H,16,17). The Morgan fingerprint density at radius 2 is 2.29 bits per heavy atom. The molecule has 0 aliphatic carbocycles. The number of nitrogens with one attached hydrogen (secondary N) is 1. The molecule has 5 nitrogen and oxygen atoms in total. The van der Waals surface area contributed by atoms with Crippen LogP contribution in [-0.2, 0) is 7.05 Å². The lowest BCUT2D eigenvalue weighted by atomic mass is 10.2. The van der Waals surface area contributed by atoms with Gasteiger partial charge in [-0.15, -0.1) is 0 Å². The van der Waals surface area contributed by atoms with Gasteiger partial charge in [-0.1, -0.05) is 12.1 Å². The Labute approximate surface area is 94.5 Å². The number of aromatic carboxylic acids is 1. The van der Waals surface area contributed by atoms with Gasteiger partial charge in [0, 0.05) is 12.4 Å². The molecular formula is C11H8FN3O2. The van der Waals surface area contributed by atoms with Crippen molar-refractivity contribution in [2.24, 2.45) is 7.05 Å². The van der Waals surface area contributed by atoms with E-state index in [1.54, 1.807) is 23.7 Å². The quantitative estimate of drug-likeness (QED) is 0.674. The summed E-state index contributed by atoms with van der Waals surface area (Å²) in [4.78, 5) is 11.0. The summed E-state index contributed by atoms with van der Waals surface area (Å²) in [6.45, 7) is 0. The van der Waals surface area contributed by atoms with Crippen LogP contribution in [0.5, 0.6) is 0 Å². The normalized spacial score (nSPS) is 11.4. The minimum Gasteiger partial charge on any atom is -0.477 e. The fraction of sp³-hybridized carbons (Fsp3) is 0.0909. The van der Waals surface area contributed by atoms with Crippen molar-refractivity contribution in [3.63, 3.8) is 0 Å². The summed E-state index contributed by atoms with van der Waals surface area (Å²) in [7, 11) is 1.65. The monoisotopic (exact) mass is 233 g/mol. The van der Waals surface area contributed by atoms with E-state index in [2.05, 4.69) is 10.2 Å². The van der Waals surface area contributed by atoms with Crippen molar-refractivity contribution in [3.05, 3.63) is 29.7 Å². The first-order valence-corrected chi connectivity index (χ1v) is 4.95. The molecular weight excluding hydrogens is 225 g/mol. The lowest BCUT2D eigenvalue weighted by Crippen LogP contribution is -1.97. The lowest BCUT2D eigenvalue weighted by Gasteiger charge is -1.97. The van der Waals surface area contributed by atoms with Crippen LogP contribution in [0, 0.1) is 5.82 Å². The maximum Gasteiger partial charge on any atom is 0.354 e. The number of carboxylic acids is 1. The van der Waals surface area contributed by atoms with Gasteiger partial charge in [0.15, 0.2) is 11.3 Å². The molecule has 0 spiro atoms. The number of aryl methyl sites for hydroxylation is 1. The fourth-order valence-electron chi connectivity index (χ4n) is 2.15. The second kappa shape index (κ2) is 3.07. The summed E-state index contributed by atoms with van der Waals surface area (Å²) in [5.74, 6) is -1.50. The number of carbonyl (C=O) groups is 1. The van der Waals surface area contributed by atoms with E-state index in [4.69, 9.17) is 5.11 Å². The van der Waals surface area contributed by atoms with Crippen LogP contribution in [0.3, 0.4) is 0 Å². The summed E-state index contributed by atoms with van der Waals surface area (Å²) < 4.78 is 15.2. The molecule has 1 aromatic carbocycles. The van der Waals surface area contributed by atoms with Crippen LogP contribution in [0.1, 0.15) is 10.5 Å². The molecule has 3 rings (SSSR count). The van der Waals surface area contributed by atoms with Gasteiger partial charge >= 0.3 is 5.97 Å². The molecule has 6 heteroatoms. The molecule has 2 aromatic heterocycles. The second-order valence-electron chi connectivity index (χ2n) is 3.80. The Morgan fingerprint density at radius 1 is 1.53 bits per heavy atom. The number of halogens is 1. The number of nitrogens with zero attached hydrogens (tertiary/aromatic N) is 2. The zero-order valence-electron chi connectivity index (χ0n) is 8.86. The highest BCUT2D eigenvalue weighted by molar-refractivity contribution is 6.14. The third-order valence-corrected chi connectivity index (χ3v) is 2.87. The van der Waals surface area contributed by atoms with Crippen LogP contribution in [0.25, 0.3) is 21.9 Å². The van der Waals surface area contributed by atoms with Crippen molar-refractivity contribution in [2.45, 2.75) is 0 Å². The molecule has 2 heterocycles. The van der Waals surface area contributed by atoms with E-state index in [-0.39, 0.29) is 11.5 Å². The molecule has 0 aliphatic rings. The van der Waals surface area contributed by atoms with E-state index >= 15 is 0 Å². The number of aromatic amines is 1. The molecule has 86 valence electrons. The number of rotatable bonds is 1. The van der Waals surface area contributed by atoms with Crippen molar-refractivity contribution in [3.8, 4) is 0 Å². The van der Waals surface area contributed by atoms with Gasteiger partial charge in [-0.25, -0.2) is 9.18 Å². The van der Waals surface area contributed by atoms with Crippen LogP contribution in [0.4, 0.5) is 4.39 Å². The van der Waals surface area contributed by atoms with E-state index in [0.717, 1.165) is 0 Å². The molecule has 2 N–H and O–H groups in total. The number of hydrogen-bond acceptors (Lipinski definition) is 2. The van der Waals surface area contributed by atoms with Crippen LogP contribution in [0.2, 0.25) is 0 Å². The van der Waals surface area contributed by atoms with Gasteiger partial charge in [0.25, 0.3) is 0 Å². The molecule has 0 fully saturated rings. The minimum atomic E-state index is -1.11. The molecule has 0 aliphatic heterocycles. The molecule has 3 aromatic rings. The first kappa shape index (κ1) is 9.83. The van der Waals surface area contributed by atoms with Crippen molar-refractivity contribution in [1.82, 2.24) is 14.8 Å². The van der Waals surface area contributed by atoms with E-state index in [9.17, 15) is 9.18 Å². The van der Waals surface area contributed by atoms with E-state index in [1.165, 1.54) is 6.07 Å². The van der Waals surface area contributed by atoms with Crippen LogP contribution < -0.4 is 0 Å². The first-order valence-electron chi connectivity index (χ1n) is 4.95. The third kappa shape index (κ3) is 1.12. The van der Waals surface area contributed by atoms with E-state index in [1.807, 2.05) is 0 Å². The van der Waals surface area contributed by atoms with Gasteiger partial charge in [0.05, 0.1) is 10.9 Å². The van der Waals surface area contributed by atoms with Crippen molar-refractivity contribution in [1.29, 1.82) is 0 Å². The highest BCUT2D eigenvalue weighted by Crippen LogP contribution is 2.30. The third-order valence-electron chi connectivity index (χ3n) is 2.87. The van der Waals surface area contributed by atoms with Gasteiger partial charge in [-0.05, 0) is 6.07 Å².